The van der Waals surface area contributed by atoms with Crippen LogP contribution in [-0.2, 0) is 6.54 Å². The molecule has 0 saturated carbocycles. The minimum Gasteiger partial charge on any atom is -0.478 e. The molecule has 0 fully saturated rings. The van der Waals surface area contributed by atoms with Crippen LogP contribution in [0.3, 0.4) is 0 Å². The number of carboxylic acids is 1. The van der Waals surface area contributed by atoms with E-state index in [1.807, 2.05) is 13.8 Å². The van der Waals surface area contributed by atoms with Crippen LogP contribution in [0.4, 0.5) is 4.39 Å². The van der Waals surface area contributed by atoms with Crippen molar-refractivity contribution in [2.45, 2.75) is 20.4 Å². The number of hydrogen-bond donors (Lipinski definition) is 1. The van der Waals surface area contributed by atoms with E-state index in [4.69, 9.17) is 0 Å². The molecule has 5 heteroatoms. The molecule has 0 unspecified atom stereocenters. The average Bonchev–Trinajstić information content (AvgIpc) is 2.72. The van der Waals surface area contributed by atoms with Crippen molar-refractivity contribution in [3.05, 3.63) is 41.8 Å². The zero-order valence-corrected chi connectivity index (χ0v) is 10.8. The third kappa shape index (κ3) is 2.81. The molecule has 4 nitrogen and oxygen atoms in total. The summed E-state index contributed by atoms with van der Waals surface area (Å²) in [5, 5.41) is 13.4. The van der Waals surface area contributed by atoms with Gasteiger partial charge in [0, 0.05) is 18.3 Å². The topological polar surface area (TPSA) is 55.1 Å². The SMILES string of the molecule is CC(C)Cn1cc(C(=O)O)c(-c2ccccc2F)n1. The Hall–Kier alpha value is -2.17. The van der Waals surface area contributed by atoms with Crippen LogP contribution in [0.15, 0.2) is 30.5 Å². The molecule has 0 spiro atoms. The van der Waals surface area contributed by atoms with E-state index in [0.29, 0.717) is 12.5 Å². The number of carboxylic acid groups (broad SMARTS) is 1. The molecule has 0 bridgehead atoms. The quantitative estimate of drug-likeness (QED) is 0.921. The van der Waals surface area contributed by atoms with Gasteiger partial charge in [-0.15, -0.1) is 0 Å². The highest BCUT2D eigenvalue weighted by atomic mass is 19.1. The molecule has 0 amide bonds. The van der Waals surface area contributed by atoms with Gasteiger partial charge in [-0.1, -0.05) is 26.0 Å². The number of nitrogens with zero attached hydrogens (tertiary/aromatic N) is 2. The second-order valence-corrected chi connectivity index (χ2v) is 4.79. The van der Waals surface area contributed by atoms with Crippen molar-refractivity contribution in [2.24, 2.45) is 5.92 Å². The Morgan fingerprint density at radius 1 is 1.42 bits per heavy atom. The minimum atomic E-state index is -1.10. The van der Waals surface area contributed by atoms with Crippen molar-refractivity contribution in [3.8, 4) is 11.3 Å². The van der Waals surface area contributed by atoms with Gasteiger partial charge in [-0.2, -0.15) is 5.10 Å². The van der Waals surface area contributed by atoms with Crippen LogP contribution in [0.25, 0.3) is 11.3 Å². The van der Waals surface area contributed by atoms with Gasteiger partial charge in [-0.3, -0.25) is 4.68 Å². The second kappa shape index (κ2) is 5.22. The van der Waals surface area contributed by atoms with E-state index < -0.39 is 11.8 Å². The van der Waals surface area contributed by atoms with Gasteiger partial charge in [-0.25, -0.2) is 9.18 Å². The predicted molar refractivity (Wildman–Crippen MR) is 69.4 cm³/mol. The first-order valence-electron chi connectivity index (χ1n) is 6.04. The standard InChI is InChI=1S/C14H15FN2O2/c1-9(2)7-17-8-11(14(18)19)13(16-17)10-5-3-4-6-12(10)15/h3-6,8-9H,7H2,1-2H3,(H,18,19). The summed E-state index contributed by atoms with van der Waals surface area (Å²) in [4.78, 5) is 11.2. The van der Waals surface area contributed by atoms with Crippen molar-refractivity contribution in [2.75, 3.05) is 0 Å². The molecule has 1 N–H and O–H groups in total. The van der Waals surface area contributed by atoms with E-state index >= 15 is 0 Å². The van der Waals surface area contributed by atoms with Gasteiger partial charge in [0.2, 0.25) is 0 Å². The summed E-state index contributed by atoms with van der Waals surface area (Å²) in [7, 11) is 0. The highest BCUT2D eigenvalue weighted by molar-refractivity contribution is 5.94. The van der Waals surface area contributed by atoms with Gasteiger partial charge in [0.1, 0.15) is 17.1 Å². The summed E-state index contributed by atoms with van der Waals surface area (Å²) >= 11 is 0. The van der Waals surface area contributed by atoms with E-state index in [1.54, 1.807) is 16.8 Å². The number of hydrogen-bond acceptors (Lipinski definition) is 2. The van der Waals surface area contributed by atoms with E-state index in [0.717, 1.165) is 0 Å². The van der Waals surface area contributed by atoms with Crippen LogP contribution in [0.2, 0.25) is 0 Å². The van der Waals surface area contributed by atoms with Gasteiger partial charge in [0.15, 0.2) is 0 Å². The number of benzene rings is 1. The molecular formula is C14H15FN2O2. The second-order valence-electron chi connectivity index (χ2n) is 4.79. The van der Waals surface area contributed by atoms with E-state index in [-0.39, 0.29) is 16.8 Å². The highest BCUT2D eigenvalue weighted by Crippen LogP contribution is 2.25. The Labute approximate surface area is 110 Å². The first kappa shape index (κ1) is 13.3. The molecule has 19 heavy (non-hydrogen) atoms. The number of aromatic nitrogens is 2. The molecule has 1 aromatic carbocycles. The van der Waals surface area contributed by atoms with Crippen LogP contribution in [0.1, 0.15) is 24.2 Å². The van der Waals surface area contributed by atoms with Gasteiger partial charge in [0.05, 0.1) is 0 Å². The molecule has 100 valence electrons. The molecule has 0 radical (unpaired) electrons. The lowest BCUT2D eigenvalue weighted by Crippen LogP contribution is -2.04. The summed E-state index contributed by atoms with van der Waals surface area (Å²) in [6.45, 7) is 4.60. The largest absolute Gasteiger partial charge is 0.478 e. The lowest BCUT2D eigenvalue weighted by Gasteiger charge is -2.04. The first-order valence-corrected chi connectivity index (χ1v) is 6.04. The van der Waals surface area contributed by atoms with E-state index in [9.17, 15) is 14.3 Å². The Balaban J connectivity index is 2.52. The highest BCUT2D eigenvalue weighted by Gasteiger charge is 2.19. The Bertz CT molecular complexity index is 605. The Morgan fingerprint density at radius 2 is 2.11 bits per heavy atom. The average molecular weight is 262 g/mol. The summed E-state index contributed by atoms with van der Waals surface area (Å²) in [6.07, 6.45) is 1.45. The third-order valence-corrected chi connectivity index (χ3v) is 2.67. The molecular weight excluding hydrogens is 247 g/mol. The number of halogens is 1. The maximum Gasteiger partial charge on any atom is 0.339 e. The molecule has 0 saturated heterocycles. The fraction of sp³-hybridized carbons (Fsp3) is 0.286. The molecule has 0 aliphatic rings. The zero-order chi connectivity index (χ0) is 14.0. The van der Waals surface area contributed by atoms with Crippen LogP contribution in [-0.4, -0.2) is 20.9 Å². The third-order valence-electron chi connectivity index (χ3n) is 2.67. The molecule has 1 aromatic heterocycles. The maximum atomic E-state index is 13.7. The van der Waals surface area contributed by atoms with Gasteiger partial charge in [-0.05, 0) is 18.1 Å². The lowest BCUT2D eigenvalue weighted by atomic mass is 10.1. The summed E-state index contributed by atoms with van der Waals surface area (Å²) < 4.78 is 15.3. The van der Waals surface area contributed by atoms with Crippen LogP contribution in [0.5, 0.6) is 0 Å². The fourth-order valence-electron chi connectivity index (χ4n) is 1.90. The van der Waals surface area contributed by atoms with Crippen molar-refractivity contribution < 1.29 is 14.3 Å². The fourth-order valence-corrected chi connectivity index (χ4v) is 1.90. The van der Waals surface area contributed by atoms with Crippen LogP contribution < -0.4 is 0 Å². The number of aromatic carboxylic acids is 1. The predicted octanol–water partition coefficient (Wildman–Crippen LogP) is 3.04. The Kier molecular flexibility index (Phi) is 3.64. The maximum absolute atomic E-state index is 13.7. The molecule has 2 aromatic rings. The minimum absolute atomic E-state index is 0.0192. The van der Waals surface area contributed by atoms with Crippen molar-refractivity contribution in [3.63, 3.8) is 0 Å². The molecule has 0 aliphatic carbocycles. The lowest BCUT2D eigenvalue weighted by molar-refractivity contribution is 0.0697. The summed E-state index contributed by atoms with van der Waals surface area (Å²) in [5.41, 5.74) is 0.402. The molecule has 0 aliphatic heterocycles. The molecule has 2 rings (SSSR count). The van der Waals surface area contributed by atoms with Gasteiger partial charge < -0.3 is 5.11 Å². The Morgan fingerprint density at radius 3 is 2.68 bits per heavy atom. The number of carbonyl (C=O) groups is 1. The first-order chi connectivity index (χ1) is 8.99. The smallest absolute Gasteiger partial charge is 0.339 e. The van der Waals surface area contributed by atoms with E-state index in [1.165, 1.54) is 18.3 Å². The van der Waals surface area contributed by atoms with Crippen molar-refractivity contribution in [1.82, 2.24) is 9.78 Å². The van der Waals surface area contributed by atoms with Crippen molar-refractivity contribution >= 4 is 5.97 Å². The summed E-state index contributed by atoms with van der Waals surface area (Å²) in [6, 6.07) is 6.04. The monoisotopic (exact) mass is 262 g/mol. The van der Waals surface area contributed by atoms with E-state index in [2.05, 4.69) is 5.10 Å². The van der Waals surface area contributed by atoms with Crippen LogP contribution in [0, 0.1) is 11.7 Å². The summed E-state index contributed by atoms with van der Waals surface area (Å²) in [5.74, 6) is -1.25. The number of rotatable bonds is 4. The van der Waals surface area contributed by atoms with Gasteiger partial charge in [0.25, 0.3) is 0 Å². The van der Waals surface area contributed by atoms with Gasteiger partial charge >= 0.3 is 5.97 Å². The van der Waals surface area contributed by atoms with Crippen molar-refractivity contribution in [1.29, 1.82) is 0 Å². The molecule has 0 atom stereocenters. The van der Waals surface area contributed by atoms with Crippen LogP contribution >= 0.6 is 0 Å². The normalized spacial score (nSPS) is 10.9. The zero-order valence-electron chi connectivity index (χ0n) is 10.8. The molecule has 1 heterocycles.